The number of carbonyl (C=O) groups is 2. The number of benzene rings is 1. The lowest BCUT2D eigenvalue weighted by atomic mass is 10.1. The molecule has 2 N–H and O–H groups in total. The molecule has 0 bridgehead atoms. The molecule has 0 radical (unpaired) electrons. The Bertz CT molecular complexity index is 615. The van der Waals surface area contributed by atoms with Crippen molar-refractivity contribution < 1.29 is 14.5 Å². The third-order valence-corrected chi connectivity index (χ3v) is 3.27. The molecule has 1 aliphatic heterocycles. The van der Waals surface area contributed by atoms with E-state index in [1.165, 1.54) is 12.1 Å². The van der Waals surface area contributed by atoms with Gasteiger partial charge in [0.25, 0.3) is 5.69 Å². The number of nitro groups is 1. The van der Waals surface area contributed by atoms with Crippen LogP contribution in [0.3, 0.4) is 0 Å². The van der Waals surface area contributed by atoms with Gasteiger partial charge in [0.05, 0.1) is 11.5 Å². The first-order chi connectivity index (χ1) is 10.4. The Kier molecular flexibility index (Phi) is 4.59. The molecule has 1 heterocycles. The highest BCUT2D eigenvalue weighted by molar-refractivity contribution is 5.96. The summed E-state index contributed by atoms with van der Waals surface area (Å²) < 4.78 is 0. The number of anilines is 1. The van der Waals surface area contributed by atoms with Gasteiger partial charge in [0, 0.05) is 30.4 Å². The van der Waals surface area contributed by atoms with E-state index in [4.69, 9.17) is 0 Å². The van der Waals surface area contributed by atoms with Crippen molar-refractivity contribution in [2.45, 2.75) is 26.3 Å². The average Bonchev–Trinajstić information content (AvgIpc) is 2.79. The van der Waals surface area contributed by atoms with E-state index >= 15 is 0 Å². The third-order valence-electron chi connectivity index (χ3n) is 3.27. The number of amides is 3. The van der Waals surface area contributed by atoms with Crippen molar-refractivity contribution in [2.24, 2.45) is 0 Å². The molecule has 118 valence electrons. The number of nitro benzene ring substituents is 1. The maximum absolute atomic E-state index is 11.9. The third kappa shape index (κ3) is 3.72. The molecule has 0 saturated carbocycles. The van der Waals surface area contributed by atoms with Gasteiger partial charge in [-0.15, -0.1) is 0 Å². The number of nitrogens with zero attached hydrogens (tertiary/aromatic N) is 2. The van der Waals surface area contributed by atoms with Gasteiger partial charge in [0.15, 0.2) is 0 Å². The van der Waals surface area contributed by atoms with E-state index in [1.807, 2.05) is 0 Å². The molecule has 0 saturated heterocycles. The number of hydrogen-bond donors (Lipinski definition) is 2. The molecule has 22 heavy (non-hydrogen) atoms. The highest BCUT2D eigenvalue weighted by Crippen LogP contribution is 2.30. The first-order valence-corrected chi connectivity index (χ1v) is 6.99. The molecule has 1 aromatic carbocycles. The van der Waals surface area contributed by atoms with Crippen molar-refractivity contribution in [1.29, 1.82) is 0 Å². The zero-order valence-corrected chi connectivity index (χ0v) is 12.5. The summed E-state index contributed by atoms with van der Waals surface area (Å²) in [4.78, 5) is 35.4. The first-order valence-electron chi connectivity index (χ1n) is 6.99. The minimum Gasteiger partial charge on any atom is -0.362 e. The van der Waals surface area contributed by atoms with Crippen LogP contribution in [0.5, 0.6) is 0 Å². The predicted octanol–water partition coefficient (Wildman–Crippen LogP) is 1.19. The van der Waals surface area contributed by atoms with Crippen molar-refractivity contribution in [3.8, 4) is 0 Å². The zero-order chi connectivity index (χ0) is 16.3. The molecule has 0 spiro atoms. The molecule has 2 rings (SSSR count). The van der Waals surface area contributed by atoms with Crippen LogP contribution in [0.25, 0.3) is 0 Å². The van der Waals surface area contributed by atoms with Crippen LogP contribution in [0.1, 0.15) is 19.4 Å². The van der Waals surface area contributed by atoms with Crippen LogP contribution in [0.2, 0.25) is 0 Å². The second kappa shape index (κ2) is 6.42. The Morgan fingerprint density at radius 2 is 2.14 bits per heavy atom. The van der Waals surface area contributed by atoms with Crippen molar-refractivity contribution in [3.63, 3.8) is 0 Å². The quantitative estimate of drug-likeness (QED) is 0.642. The van der Waals surface area contributed by atoms with E-state index in [1.54, 1.807) is 24.8 Å². The van der Waals surface area contributed by atoms with Crippen molar-refractivity contribution >= 4 is 23.3 Å². The van der Waals surface area contributed by atoms with Gasteiger partial charge in [-0.3, -0.25) is 20.2 Å². The second-order valence-electron chi connectivity index (χ2n) is 5.42. The minimum atomic E-state index is -0.525. The Labute approximate surface area is 127 Å². The minimum absolute atomic E-state index is 0.0380. The molecule has 0 atom stereocenters. The summed E-state index contributed by atoms with van der Waals surface area (Å²) in [6.07, 6.45) is 0.641. The average molecular weight is 306 g/mol. The summed E-state index contributed by atoms with van der Waals surface area (Å²) in [7, 11) is 0. The SMILES string of the molecule is CC(C)NC(=O)NC(=O)CN1CCc2cc([N+](=O)[O-])ccc21. The van der Waals surface area contributed by atoms with Crippen molar-refractivity contribution in [1.82, 2.24) is 10.6 Å². The smallest absolute Gasteiger partial charge is 0.321 e. The number of imide groups is 1. The largest absolute Gasteiger partial charge is 0.362 e. The molecule has 8 heteroatoms. The topological polar surface area (TPSA) is 105 Å². The maximum Gasteiger partial charge on any atom is 0.321 e. The van der Waals surface area contributed by atoms with Gasteiger partial charge in [-0.05, 0) is 31.9 Å². The summed E-state index contributed by atoms with van der Waals surface area (Å²) in [5.41, 5.74) is 1.68. The lowest BCUT2D eigenvalue weighted by Gasteiger charge is -2.18. The molecular weight excluding hydrogens is 288 g/mol. The predicted molar refractivity (Wildman–Crippen MR) is 80.8 cm³/mol. The van der Waals surface area contributed by atoms with Crippen LogP contribution in [-0.2, 0) is 11.2 Å². The molecule has 8 nitrogen and oxygen atoms in total. The molecule has 0 aromatic heterocycles. The van der Waals surface area contributed by atoms with Gasteiger partial charge in [-0.1, -0.05) is 0 Å². The Morgan fingerprint density at radius 1 is 1.41 bits per heavy atom. The lowest BCUT2D eigenvalue weighted by molar-refractivity contribution is -0.384. The fourth-order valence-corrected chi connectivity index (χ4v) is 2.37. The second-order valence-corrected chi connectivity index (χ2v) is 5.42. The van der Waals surface area contributed by atoms with Gasteiger partial charge in [0.2, 0.25) is 5.91 Å². The van der Waals surface area contributed by atoms with Crippen molar-refractivity contribution in [2.75, 3.05) is 18.0 Å². The fourth-order valence-electron chi connectivity index (χ4n) is 2.37. The number of hydrogen-bond acceptors (Lipinski definition) is 5. The molecule has 3 amide bonds. The first kappa shape index (κ1) is 15.7. The van der Waals surface area contributed by atoms with E-state index in [9.17, 15) is 19.7 Å². The number of carbonyl (C=O) groups excluding carboxylic acids is 2. The van der Waals surface area contributed by atoms with Gasteiger partial charge >= 0.3 is 6.03 Å². The van der Waals surface area contributed by atoms with Crippen LogP contribution in [0, 0.1) is 10.1 Å². The van der Waals surface area contributed by atoms with Crippen LogP contribution in [0.15, 0.2) is 18.2 Å². The Hall–Kier alpha value is -2.64. The highest BCUT2D eigenvalue weighted by atomic mass is 16.6. The van der Waals surface area contributed by atoms with Crippen LogP contribution >= 0.6 is 0 Å². The van der Waals surface area contributed by atoms with Gasteiger partial charge in [0.1, 0.15) is 0 Å². The van der Waals surface area contributed by atoms with E-state index < -0.39 is 16.9 Å². The van der Waals surface area contributed by atoms with Gasteiger partial charge < -0.3 is 10.2 Å². The molecule has 0 aliphatic carbocycles. The number of rotatable bonds is 4. The van der Waals surface area contributed by atoms with E-state index in [-0.39, 0.29) is 18.3 Å². The Balaban J connectivity index is 1.98. The molecule has 1 aliphatic rings. The summed E-state index contributed by atoms with van der Waals surface area (Å²) in [6.45, 7) is 4.23. The lowest BCUT2D eigenvalue weighted by Crippen LogP contribution is -2.46. The molecule has 0 unspecified atom stereocenters. The summed E-state index contributed by atoms with van der Waals surface area (Å²) >= 11 is 0. The normalized spacial score (nSPS) is 13.0. The van der Waals surface area contributed by atoms with Gasteiger partial charge in [-0.2, -0.15) is 0 Å². The number of nitrogens with one attached hydrogen (secondary N) is 2. The fraction of sp³-hybridized carbons (Fsp3) is 0.429. The zero-order valence-electron chi connectivity index (χ0n) is 12.5. The summed E-state index contributed by atoms with van der Waals surface area (Å²) in [6, 6.07) is 4.00. The van der Waals surface area contributed by atoms with Crippen LogP contribution < -0.4 is 15.5 Å². The van der Waals surface area contributed by atoms with E-state index in [0.717, 1.165) is 11.3 Å². The van der Waals surface area contributed by atoms with Crippen LogP contribution in [-0.4, -0.2) is 36.0 Å². The number of urea groups is 1. The summed E-state index contributed by atoms with van der Waals surface area (Å²) in [5, 5.41) is 15.6. The van der Waals surface area contributed by atoms with Crippen molar-refractivity contribution in [3.05, 3.63) is 33.9 Å². The van der Waals surface area contributed by atoms with Crippen LogP contribution in [0.4, 0.5) is 16.2 Å². The molecular formula is C14H18N4O4. The van der Waals surface area contributed by atoms with E-state index in [2.05, 4.69) is 10.6 Å². The molecule has 1 aromatic rings. The number of fused-ring (bicyclic) bond motifs is 1. The maximum atomic E-state index is 11.9. The Morgan fingerprint density at radius 3 is 2.77 bits per heavy atom. The monoisotopic (exact) mass is 306 g/mol. The van der Waals surface area contributed by atoms with Gasteiger partial charge in [-0.25, -0.2) is 4.79 Å². The number of non-ortho nitro benzene ring substituents is 1. The van der Waals surface area contributed by atoms with E-state index in [0.29, 0.717) is 13.0 Å². The highest BCUT2D eigenvalue weighted by Gasteiger charge is 2.23. The molecule has 0 fully saturated rings. The standard InChI is InChI=1S/C14H18N4O4/c1-9(2)15-14(20)16-13(19)8-17-6-5-10-7-11(18(21)22)3-4-12(10)17/h3-4,7,9H,5-6,8H2,1-2H3,(H2,15,16,19,20). The summed E-state index contributed by atoms with van der Waals surface area (Å²) in [5.74, 6) is -0.413.